The molecule has 0 bridgehead atoms. The highest BCUT2D eigenvalue weighted by molar-refractivity contribution is 4.80. The van der Waals surface area contributed by atoms with Gasteiger partial charge in [0.15, 0.2) is 0 Å². The van der Waals surface area contributed by atoms with Crippen LogP contribution in [0.1, 0.15) is 39.5 Å². The summed E-state index contributed by atoms with van der Waals surface area (Å²) in [5.41, 5.74) is 0. The van der Waals surface area contributed by atoms with Crippen LogP contribution >= 0.6 is 0 Å². The summed E-state index contributed by atoms with van der Waals surface area (Å²) in [7, 11) is 1.80. The molecule has 13 heavy (non-hydrogen) atoms. The molecule has 0 radical (unpaired) electrons. The van der Waals surface area contributed by atoms with E-state index in [-0.39, 0.29) is 0 Å². The zero-order chi connectivity index (χ0) is 9.68. The molecule has 78 valence electrons. The molecule has 2 heteroatoms. The van der Waals surface area contributed by atoms with Gasteiger partial charge in [-0.05, 0) is 25.8 Å². The van der Waals surface area contributed by atoms with Gasteiger partial charge >= 0.3 is 0 Å². The molecule has 2 unspecified atom stereocenters. The Labute approximate surface area is 82.0 Å². The molecule has 1 rings (SSSR count). The van der Waals surface area contributed by atoms with Crippen LogP contribution in [-0.4, -0.2) is 25.8 Å². The summed E-state index contributed by atoms with van der Waals surface area (Å²) < 4.78 is 5.37. The largest absolute Gasteiger partial charge is 0.380 e. The molecule has 0 saturated heterocycles. The van der Waals surface area contributed by atoms with Gasteiger partial charge < -0.3 is 10.1 Å². The first kappa shape index (κ1) is 11.0. The van der Waals surface area contributed by atoms with E-state index in [0.717, 1.165) is 12.5 Å². The number of ether oxygens (including phenoxy) is 1. The molecule has 0 aromatic carbocycles. The molecule has 2 atom stereocenters. The van der Waals surface area contributed by atoms with Crippen LogP contribution in [-0.2, 0) is 4.74 Å². The molecule has 0 aromatic rings. The summed E-state index contributed by atoms with van der Waals surface area (Å²) in [6.45, 7) is 5.37. The molecule has 1 saturated carbocycles. The molecule has 1 aliphatic rings. The van der Waals surface area contributed by atoms with Crippen molar-refractivity contribution >= 4 is 0 Å². The number of hydrogen-bond acceptors (Lipinski definition) is 2. The van der Waals surface area contributed by atoms with E-state index in [1.54, 1.807) is 7.11 Å². The minimum absolute atomic E-state index is 0.348. The number of nitrogens with one attached hydrogen (secondary N) is 1. The maximum atomic E-state index is 5.37. The molecular weight excluding hydrogens is 162 g/mol. The summed E-state index contributed by atoms with van der Waals surface area (Å²) in [5, 5.41) is 3.51. The van der Waals surface area contributed by atoms with Gasteiger partial charge in [0, 0.05) is 13.2 Å². The average Bonchev–Trinajstić information content (AvgIpc) is 2.07. The lowest BCUT2D eigenvalue weighted by atomic mass is 9.80. The Morgan fingerprint density at radius 2 is 2.15 bits per heavy atom. The SMILES string of the molecule is CCNC(CC1CCC1)C(C)OC. The Morgan fingerprint density at radius 1 is 1.46 bits per heavy atom. The lowest BCUT2D eigenvalue weighted by molar-refractivity contribution is 0.0678. The minimum atomic E-state index is 0.348. The molecular formula is C11H23NO. The standard InChI is InChI=1S/C11H23NO/c1-4-12-11(9(2)13-3)8-10-6-5-7-10/h9-12H,4-8H2,1-3H3. The molecule has 0 aliphatic heterocycles. The quantitative estimate of drug-likeness (QED) is 0.685. The van der Waals surface area contributed by atoms with Crippen molar-refractivity contribution in [2.75, 3.05) is 13.7 Å². The van der Waals surface area contributed by atoms with Gasteiger partial charge in [-0.2, -0.15) is 0 Å². The summed E-state index contributed by atoms with van der Waals surface area (Å²) in [6, 6.07) is 0.556. The fourth-order valence-electron chi connectivity index (χ4n) is 1.96. The van der Waals surface area contributed by atoms with Crippen LogP contribution in [0.15, 0.2) is 0 Å². The van der Waals surface area contributed by atoms with Crippen molar-refractivity contribution < 1.29 is 4.74 Å². The van der Waals surface area contributed by atoms with Crippen molar-refractivity contribution in [2.24, 2.45) is 5.92 Å². The first-order valence-corrected chi connectivity index (χ1v) is 5.54. The summed E-state index contributed by atoms with van der Waals surface area (Å²) in [6.07, 6.45) is 5.94. The Hall–Kier alpha value is -0.0800. The topological polar surface area (TPSA) is 21.3 Å². The number of methoxy groups -OCH3 is 1. The molecule has 1 aliphatic carbocycles. The number of hydrogen-bond donors (Lipinski definition) is 1. The van der Waals surface area contributed by atoms with Gasteiger partial charge in [0.25, 0.3) is 0 Å². The van der Waals surface area contributed by atoms with Crippen molar-refractivity contribution in [2.45, 2.75) is 51.7 Å². The summed E-state index contributed by atoms with van der Waals surface area (Å²) in [4.78, 5) is 0. The van der Waals surface area contributed by atoms with E-state index in [9.17, 15) is 0 Å². The first-order chi connectivity index (χ1) is 6.27. The van der Waals surface area contributed by atoms with Crippen LogP contribution in [0, 0.1) is 5.92 Å². The smallest absolute Gasteiger partial charge is 0.0696 e. The molecule has 2 nitrogen and oxygen atoms in total. The van der Waals surface area contributed by atoms with Crippen molar-refractivity contribution in [1.82, 2.24) is 5.32 Å². The van der Waals surface area contributed by atoms with E-state index in [4.69, 9.17) is 4.74 Å². The van der Waals surface area contributed by atoms with E-state index < -0.39 is 0 Å². The Morgan fingerprint density at radius 3 is 2.54 bits per heavy atom. The second kappa shape index (κ2) is 5.61. The Kier molecular flexibility index (Phi) is 4.74. The van der Waals surface area contributed by atoms with Crippen molar-refractivity contribution in [1.29, 1.82) is 0 Å². The lowest BCUT2D eigenvalue weighted by Crippen LogP contribution is -2.41. The predicted octanol–water partition coefficient (Wildman–Crippen LogP) is 2.19. The third-order valence-electron chi connectivity index (χ3n) is 3.22. The Balaban J connectivity index is 2.27. The first-order valence-electron chi connectivity index (χ1n) is 5.54. The van der Waals surface area contributed by atoms with Gasteiger partial charge in [0.2, 0.25) is 0 Å². The van der Waals surface area contributed by atoms with E-state index in [2.05, 4.69) is 19.2 Å². The predicted molar refractivity (Wildman–Crippen MR) is 55.9 cm³/mol. The van der Waals surface area contributed by atoms with Gasteiger partial charge in [0.1, 0.15) is 0 Å². The van der Waals surface area contributed by atoms with Crippen LogP contribution in [0.2, 0.25) is 0 Å². The lowest BCUT2D eigenvalue weighted by Gasteiger charge is -2.32. The van der Waals surface area contributed by atoms with Gasteiger partial charge in [-0.25, -0.2) is 0 Å². The summed E-state index contributed by atoms with van der Waals surface area (Å²) in [5.74, 6) is 0.960. The molecule has 1 fully saturated rings. The highest BCUT2D eigenvalue weighted by Gasteiger charge is 2.24. The normalized spacial score (nSPS) is 22.4. The number of rotatable bonds is 6. The fraction of sp³-hybridized carbons (Fsp3) is 1.00. The van der Waals surface area contributed by atoms with E-state index in [1.807, 2.05) is 0 Å². The van der Waals surface area contributed by atoms with Crippen LogP contribution in [0.25, 0.3) is 0 Å². The zero-order valence-corrected chi connectivity index (χ0v) is 9.18. The zero-order valence-electron chi connectivity index (χ0n) is 9.18. The maximum Gasteiger partial charge on any atom is 0.0696 e. The highest BCUT2D eigenvalue weighted by Crippen LogP contribution is 2.31. The Bertz CT molecular complexity index is 134. The summed E-state index contributed by atoms with van der Waals surface area (Å²) >= 11 is 0. The van der Waals surface area contributed by atoms with E-state index >= 15 is 0 Å². The molecule has 0 heterocycles. The van der Waals surface area contributed by atoms with Crippen molar-refractivity contribution in [3.05, 3.63) is 0 Å². The molecule has 1 N–H and O–H groups in total. The third-order valence-corrected chi connectivity index (χ3v) is 3.22. The van der Waals surface area contributed by atoms with E-state index in [0.29, 0.717) is 12.1 Å². The van der Waals surface area contributed by atoms with Crippen LogP contribution < -0.4 is 5.32 Å². The van der Waals surface area contributed by atoms with Gasteiger partial charge in [-0.1, -0.05) is 26.2 Å². The molecule has 0 amide bonds. The molecule has 0 aromatic heterocycles. The highest BCUT2D eigenvalue weighted by atomic mass is 16.5. The van der Waals surface area contributed by atoms with Crippen LogP contribution in [0.5, 0.6) is 0 Å². The monoisotopic (exact) mass is 185 g/mol. The van der Waals surface area contributed by atoms with Crippen molar-refractivity contribution in [3.8, 4) is 0 Å². The fourth-order valence-corrected chi connectivity index (χ4v) is 1.96. The van der Waals surface area contributed by atoms with Gasteiger partial charge in [-0.3, -0.25) is 0 Å². The van der Waals surface area contributed by atoms with Crippen molar-refractivity contribution in [3.63, 3.8) is 0 Å². The second-order valence-corrected chi connectivity index (χ2v) is 4.14. The van der Waals surface area contributed by atoms with E-state index in [1.165, 1.54) is 25.7 Å². The third kappa shape index (κ3) is 3.28. The maximum absolute atomic E-state index is 5.37. The van der Waals surface area contributed by atoms with Crippen LogP contribution in [0.3, 0.4) is 0 Å². The van der Waals surface area contributed by atoms with Gasteiger partial charge in [0.05, 0.1) is 6.10 Å². The minimum Gasteiger partial charge on any atom is -0.380 e. The second-order valence-electron chi connectivity index (χ2n) is 4.14. The van der Waals surface area contributed by atoms with Crippen LogP contribution in [0.4, 0.5) is 0 Å². The average molecular weight is 185 g/mol. The number of likely N-dealkylation sites (N-methyl/N-ethyl adjacent to an activating group) is 1. The van der Waals surface area contributed by atoms with Gasteiger partial charge in [-0.15, -0.1) is 0 Å². The molecule has 0 spiro atoms.